The Morgan fingerprint density at radius 2 is 2.17 bits per heavy atom. The Hall–Kier alpha value is -2.15. The van der Waals surface area contributed by atoms with Crippen LogP contribution in [0.4, 0.5) is 5.69 Å². The first-order chi connectivity index (χ1) is 11.7. The third-order valence-corrected chi connectivity index (χ3v) is 4.43. The van der Waals surface area contributed by atoms with Crippen molar-refractivity contribution < 1.29 is 14.6 Å². The van der Waals surface area contributed by atoms with Crippen LogP contribution >= 0.6 is 0 Å². The summed E-state index contributed by atoms with van der Waals surface area (Å²) in [6, 6.07) is 0.210. The highest BCUT2D eigenvalue weighted by Gasteiger charge is 2.25. The van der Waals surface area contributed by atoms with E-state index in [1.807, 2.05) is 18.5 Å². The number of fused-ring (bicyclic) bond motifs is 1. The highest BCUT2D eigenvalue weighted by molar-refractivity contribution is 6.04. The van der Waals surface area contributed by atoms with Gasteiger partial charge in [-0.3, -0.25) is 0 Å². The predicted octanol–water partition coefficient (Wildman–Crippen LogP) is 2.69. The average molecular weight is 332 g/mol. The number of ether oxygens (including phenoxy) is 1. The molecular formula is C17H24N4O3. The molecule has 3 rings (SSSR count). The molecule has 3 heterocycles. The molecule has 2 N–H and O–H groups in total. The van der Waals surface area contributed by atoms with E-state index in [4.69, 9.17) is 4.74 Å². The van der Waals surface area contributed by atoms with Gasteiger partial charge in [-0.2, -0.15) is 5.10 Å². The van der Waals surface area contributed by atoms with Crippen molar-refractivity contribution in [1.82, 2.24) is 14.8 Å². The second kappa shape index (κ2) is 7.17. The lowest BCUT2D eigenvalue weighted by atomic mass is 10.0. The highest BCUT2D eigenvalue weighted by atomic mass is 16.5. The number of carbonyl (C=O) groups is 1. The number of carboxylic acids is 1. The minimum absolute atomic E-state index is 0.210. The summed E-state index contributed by atoms with van der Waals surface area (Å²) in [6.45, 7) is 6.13. The molecule has 7 nitrogen and oxygen atoms in total. The standard InChI is InChI=1S/C17H24N4O3/c1-3-5-13-14(17(22)23)15(19-11-6-8-24-9-7-11)12-10-18-21(4-2)16(12)20-13/h10-11H,3-9H2,1-2H3,(H,19,20)(H,22,23). The first-order valence-electron chi connectivity index (χ1n) is 8.61. The molecule has 0 radical (unpaired) electrons. The van der Waals surface area contributed by atoms with Crippen molar-refractivity contribution >= 4 is 22.7 Å². The molecule has 0 bridgehead atoms. The van der Waals surface area contributed by atoms with E-state index >= 15 is 0 Å². The molecule has 2 aromatic heterocycles. The van der Waals surface area contributed by atoms with Gasteiger partial charge in [-0.25, -0.2) is 14.5 Å². The quantitative estimate of drug-likeness (QED) is 0.845. The summed E-state index contributed by atoms with van der Waals surface area (Å²) in [5.41, 5.74) is 2.32. The van der Waals surface area contributed by atoms with Gasteiger partial charge in [0.1, 0.15) is 5.56 Å². The summed E-state index contributed by atoms with van der Waals surface area (Å²) in [7, 11) is 0. The van der Waals surface area contributed by atoms with Gasteiger partial charge in [0, 0.05) is 25.8 Å². The molecule has 1 saturated heterocycles. The van der Waals surface area contributed by atoms with Gasteiger partial charge >= 0.3 is 5.97 Å². The van der Waals surface area contributed by atoms with E-state index in [2.05, 4.69) is 15.4 Å². The van der Waals surface area contributed by atoms with Crippen molar-refractivity contribution in [2.24, 2.45) is 0 Å². The van der Waals surface area contributed by atoms with E-state index in [0.717, 1.165) is 30.3 Å². The van der Waals surface area contributed by atoms with Crippen molar-refractivity contribution in [3.8, 4) is 0 Å². The van der Waals surface area contributed by atoms with Gasteiger partial charge in [-0.05, 0) is 26.2 Å². The van der Waals surface area contributed by atoms with Crippen LogP contribution in [0.15, 0.2) is 6.20 Å². The van der Waals surface area contributed by atoms with E-state index < -0.39 is 5.97 Å². The summed E-state index contributed by atoms with van der Waals surface area (Å²) in [5, 5.41) is 18.4. The molecule has 130 valence electrons. The zero-order valence-electron chi connectivity index (χ0n) is 14.2. The molecule has 24 heavy (non-hydrogen) atoms. The molecule has 0 unspecified atom stereocenters. The zero-order chi connectivity index (χ0) is 17.1. The molecule has 0 amide bonds. The molecule has 0 atom stereocenters. The van der Waals surface area contributed by atoms with Crippen LogP contribution in [0, 0.1) is 0 Å². The van der Waals surface area contributed by atoms with Crippen LogP contribution in [0.2, 0.25) is 0 Å². The van der Waals surface area contributed by atoms with Gasteiger partial charge in [-0.1, -0.05) is 13.3 Å². The SMILES string of the molecule is CCCc1nc2c(cnn2CC)c(NC2CCOCC2)c1C(=O)O. The summed E-state index contributed by atoms with van der Waals surface area (Å²) in [5.74, 6) is -0.938. The first-order valence-corrected chi connectivity index (χ1v) is 8.61. The van der Waals surface area contributed by atoms with Crippen molar-refractivity contribution in [3.05, 3.63) is 17.5 Å². The molecule has 0 spiro atoms. The Labute approximate surface area is 141 Å². The summed E-state index contributed by atoms with van der Waals surface area (Å²) < 4.78 is 7.22. The van der Waals surface area contributed by atoms with Gasteiger partial charge in [0.25, 0.3) is 0 Å². The van der Waals surface area contributed by atoms with E-state index in [9.17, 15) is 9.90 Å². The Balaban J connectivity index is 2.15. The number of carboxylic acid groups (broad SMARTS) is 1. The van der Waals surface area contributed by atoms with Crippen molar-refractivity contribution in [3.63, 3.8) is 0 Å². The van der Waals surface area contributed by atoms with Crippen LogP contribution < -0.4 is 5.32 Å². The maximum atomic E-state index is 11.9. The molecule has 7 heteroatoms. The number of pyridine rings is 1. The van der Waals surface area contributed by atoms with Crippen LogP contribution in [0.1, 0.15) is 49.2 Å². The second-order valence-corrected chi connectivity index (χ2v) is 6.09. The minimum Gasteiger partial charge on any atom is -0.478 e. The van der Waals surface area contributed by atoms with Crippen molar-refractivity contribution in [1.29, 1.82) is 0 Å². The van der Waals surface area contributed by atoms with Gasteiger partial charge in [0.2, 0.25) is 0 Å². The van der Waals surface area contributed by atoms with Gasteiger partial charge in [0.05, 0.1) is 23.0 Å². The Morgan fingerprint density at radius 1 is 1.42 bits per heavy atom. The summed E-state index contributed by atoms with van der Waals surface area (Å²) >= 11 is 0. The number of aryl methyl sites for hydroxylation is 2. The number of rotatable bonds is 6. The number of nitrogens with zero attached hydrogens (tertiary/aromatic N) is 3. The third kappa shape index (κ3) is 3.08. The number of anilines is 1. The Morgan fingerprint density at radius 3 is 2.79 bits per heavy atom. The molecule has 0 saturated carbocycles. The average Bonchev–Trinajstić information content (AvgIpc) is 2.98. The molecule has 1 fully saturated rings. The molecule has 2 aromatic rings. The molecule has 0 aliphatic carbocycles. The lowest BCUT2D eigenvalue weighted by Gasteiger charge is -2.25. The van der Waals surface area contributed by atoms with E-state index in [1.165, 1.54) is 0 Å². The summed E-state index contributed by atoms with van der Waals surface area (Å²) in [4.78, 5) is 16.6. The van der Waals surface area contributed by atoms with Crippen LogP contribution in [0.3, 0.4) is 0 Å². The summed E-state index contributed by atoms with van der Waals surface area (Å²) in [6.07, 6.45) is 4.93. The third-order valence-electron chi connectivity index (χ3n) is 4.43. The van der Waals surface area contributed by atoms with Gasteiger partial charge in [0.15, 0.2) is 5.65 Å². The topological polar surface area (TPSA) is 89.3 Å². The number of hydrogen-bond acceptors (Lipinski definition) is 5. The lowest BCUT2D eigenvalue weighted by molar-refractivity contribution is 0.0696. The minimum atomic E-state index is -0.938. The number of nitrogens with one attached hydrogen (secondary N) is 1. The first kappa shape index (κ1) is 16.7. The smallest absolute Gasteiger partial charge is 0.339 e. The largest absolute Gasteiger partial charge is 0.478 e. The molecule has 0 aromatic carbocycles. The maximum absolute atomic E-state index is 11.9. The fourth-order valence-corrected chi connectivity index (χ4v) is 3.21. The Kier molecular flexibility index (Phi) is 4.99. The fourth-order valence-electron chi connectivity index (χ4n) is 3.21. The Bertz CT molecular complexity index is 735. The second-order valence-electron chi connectivity index (χ2n) is 6.09. The van der Waals surface area contributed by atoms with E-state index in [-0.39, 0.29) is 11.6 Å². The van der Waals surface area contributed by atoms with E-state index in [1.54, 1.807) is 6.20 Å². The predicted molar refractivity (Wildman–Crippen MR) is 91.6 cm³/mol. The van der Waals surface area contributed by atoms with Crippen LogP contribution in [-0.4, -0.2) is 45.1 Å². The van der Waals surface area contributed by atoms with Crippen molar-refractivity contribution in [2.75, 3.05) is 18.5 Å². The zero-order valence-corrected chi connectivity index (χ0v) is 14.2. The number of aromatic carboxylic acids is 1. The van der Waals surface area contributed by atoms with Crippen molar-refractivity contribution in [2.45, 2.75) is 52.1 Å². The fraction of sp³-hybridized carbons (Fsp3) is 0.588. The lowest BCUT2D eigenvalue weighted by Crippen LogP contribution is -2.29. The van der Waals surface area contributed by atoms with Gasteiger partial charge in [-0.15, -0.1) is 0 Å². The van der Waals surface area contributed by atoms with E-state index in [0.29, 0.717) is 37.6 Å². The number of aromatic nitrogens is 3. The monoisotopic (exact) mass is 332 g/mol. The van der Waals surface area contributed by atoms with Gasteiger partial charge < -0.3 is 15.2 Å². The highest BCUT2D eigenvalue weighted by Crippen LogP contribution is 2.31. The molecule has 1 aliphatic rings. The maximum Gasteiger partial charge on any atom is 0.339 e. The molecular weight excluding hydrogens is 308 g/mol. The van der Waals surface area contributed by atoms with Crippen LogP contribution in [0.25, 0.3) is 11.0 Å². The number of hydrogen-bond donors (Lipinski definition) is 2. The molecule has 1 aliphatic heterocycles. The van der Waals surface area contributed by atoms with Crippen LogP contribution in [0.5, 0.6) is 0 Å². The normalized spacial score (nSPS) is 15.8. The van der Waals surface area contributed by atoms with Crippen LogP contribution in [-0.2, 0) is 17.7 Å².